The van der Waals surface area contributed by atoms with Gasteiger partial charge >= 0.3 is 11.7 Å². The fourth-order valence-corrected chi connectivity index (χ4v) is 2.51. The summed E-state index contributed by atoms with van der Waals surface area (Å²) < 4.78 is 4.90. The monoisotopic (exact) mass is 325 g/mol. The maximum atomic E-state index is 11.4. The van der Waals surface area contributed by atoms with Crippen LogP contribution in [0.2, 0.25) is 0 Å². The number of nitro groups is 1. The van der Waals surface area contributed by atoms with Crippen molar-refractivity contribution in [2.75, 3.05) is 43.6 Å². The molecular weight excluding hydrogens is 306 g/mol. The fraction of sp³-hybridized carbons (Fsp3) is 0.615. The van der Waals surface area contributed by atoms with Crippen LogP contribution in [0.25, 0.3) is 0 Å². The first-order chi connectivity index (χ1) is 11.0. The predicted octanol–water partition coefficient (Wildman–Crippen LogP) is 0.744. The minimum Gasteiger partial charge on any atom is -0.481 e. The molecule has 1 aromatic heterocycles. The smallest absolute Gasteiger partial charge is 0.353 e. The van der Waals surface area contributed by atoms with Gasteiger partial charge < -0.3 is 20.1 Å². The molecule has 0 bridgehead atoms. The number of methoxy groups -OCH3 is 1. The molecule has 1 saturated heterocycles. The van der Waals surface area contributed by atoms with Crippen molar-refractivity contribution < 1.29 is 19.6 Å². The molecule has 1 aliphatic heterocycles. The molecule has 0 aromatic carbocycles. The number of carboxylic acid groups (broad SMARTS) is 1. The quantitative estimate of drug-likeness (QED) is 0.423. The second-order valence-electron chi connectivity index (χ2n) is 5.17. The van der Waals surface area contributed by atoms with Gasteiger partial charge in [0.25, 0.3) is 0 Å². The van der Waals surface area contributed by atoms with Crippen LogP contribution in [0.4, 0.5) is 17.3 Å². The van der Waals surface area contributed by atoms with Crippen LogP contribution in [0, 0.1) is 16.0 Å². The third kappa shape index (κ3) is 4.03. The molecule has 2 N–H and O–H groups in total. The van der Waals surface area contributed by atoms with E-state index in [9.17, 15) is 14.9 Å². The number of rotatable bonds is 7. The minimum absolute atomic E-state index is 0.136. The predicted molar refractivity (Wildman–Crippen MR) is 81.6 cm³/mol. The molecule has 0 unspecified atom stereocenters. The Labute approximate surface area is 132 Å². The molecule has 1 aromatic rings. The molecule has 0 spiro atoms. The van der Waals surface area contributed by atoms with Crippen molar-refractivity contribution in [1.82, 2.24) is 9.97 Å². The first-order valence-corrected chi connectivity index (χ1v) is 7.24. The molecule has 10 nitrogen and oxygen atoms in total. The van der Waals surface area contributed by atoms with Crippen LogP contribution in [-0.2, 0) is 9.53 Å². The van der Waals surface area contributed by atoms with Crippen molar-refractivity contribution in [1.29, 1.82) is 0 Å². The second kappa shape index (κ2) is 7.68. The molecule has 0 aliphatic carbocycles. The number of aliphatic carboxylic acids is 1. The van der Waals surface area contributed by atoms with Gasteiger partial charge in [-0.25, -0.2) is 9.97 Å². The molecule has 1 fully saturated rings. The lowest BCUT2D eigenvalue weighted by Crippen LogP contribution is -2.37. The van der Waals surface area contributed by atoms with E-state index in [1.807, 2.05) is 0 Å². The zero-order chi connectivity index (χ0) is 16.8. The summed E-state index contributed by atoms with van der Waals surface area (Å²) in [5, 5.41) is 23.3. The number of anilines is 2. The highest BCUT2D eigenvalue weighted by atomic mass is 16.6. The van der Waals surface area contributed by atoms with Crippen LogP contribution < -0.4 is 10.2 Å². The van der Waals surface area contributed by atoms with Crippen molar-refractivity contribution in [3.05, 3.63) is 16.4 Å². The highest BCUT2D eigenvalue weighted by molar-refractivity contribution is 5.72. The van der Waals surface area contributed by atoms with Crippen molar-refractivity contribution in [3.63, 3.8) is 0 Å². The van der Waals surface area contributed by atoms with E-state index in [-0.39, 0.29) is 17.3 Å². The molecule has 2 heterocycles. The number of piperidine rings is 1. The third-order valence-electron chi connectivity index (χ3n) is 3.73. The summed E-state index contributed by atoms with van der Waals surface area (Å²) in [5.41, 5.74) is -0.197. The summed E-state index contributed by atoms with van der Waals surface area (Å²) >= 11 is 0. The number of hydrogen-bond donors (Lipinski definition) is 2. The van der Waals surface area contributed by atoms with Crippen LogP contribution in [0.1, 0.15) is 12.8 Å². The van der Waals surface area contributed by atoms with Gasteiger partial charge in [0.2, 0.25) is 11.6 Å². The molecular formula is C13H19N5O5. The number of carbonyl (C=O) groups is 1. The van der Waals surface area contributed by atoms with E-state index in [1.54, 1.807) is 4.90 Å². The van der Waals surface area contributed by atoms with E-state index in [0.29, 0.717) is 39.1 Å². The standard InChI is InChI=1S/C13H19N5O5/c1-23-7-4-14-11-10(18(21)22)12(16-8-15-11)17-5-2-9(3-6-17)13(19)20/h8-9H,2-7H2,1H3,(H,19,20)(H,14,15,16). The van der Waals surface area contributed by atoms with Gasteiger partial charge in [-0.2, -0.15) is 0 Å². The Bertz CT molecular complexity index is 574. The van der Waals surface area contributed by atoms with Crippen LogP contribution in [0.3, 0.4) is 0 Å². The van der Waals surface area contributed by atoms with Crippen LogP contribution in [0.15, 0.2) is 6.33 Å². The molecule has 0 amide bonds. The molecule has 126 valence electrons. The number of ether oxygens (including phenoxy) is 1. The highest BCUT2D eigenvalue weighted by Crippen LogP contribution is 2.33. The van der Waals surface area contributed by atoms with Crippen molar-refractivity contribution in [3.8, 4) is 0 Å². The van der Waals surface area contributed by atoms with Gasteiger partial charge in [-0.1, -0.05) is 0 Å². The first kappa shape index (κ1) is 16.9. The molecule has 0 atom stereocenters. The molecule has 10 heteroatoms. The van der Waals surface area contributed by atoms with Gasteiger partial charge in [-0.3, -0.25) is 14.9 Å². The molecule has 2 rings (SSSR count). The summed E-state index contributed by atoms with van der Waals surface area (Å²) in [7, 11) is 1.54. The van der Waals surface area contributed by atoms with E-state index in [0.717, 1.165) is 0 Å². The van der Waals surface area contributed by atoms with Crippen LogP contribution in [-0.4, -0.2) is 59.3 Å². The fourth-order valence-electron chi connectivity index (χ4n) is 2.51. The Kier molecular flexibility index (Phi) is 5.63. The molecule has 23 heavy (non-hydrogen) atoms. The Balaban J connectivity index is 2.19. The Hall–Kier alpha value is -2.49. The summed E-state index contributed by atoms with van der Waals surface area (Å²) in [6.45, 7) is 1.59. The summed E-state index contributed by atoms with van der Waals surface area (Å²) in [6, 6.07) is 0. The van der Waals surface area contributed by atoms with E-state index in [2.05, 4.69) is 15.3 Å². The van der Waals surface area contributed by atoms with Gasteiger partial charge in [0.05, 0.1) is 17.4 Å². The molecule has 1 aliphatic rings. The third-order valence-corrected chi connectivity index (χ3v) is 3.73. The first-order valence-electron chi connectivity index (χ1n) is 7.24. The Morgan fingerprint density at radius 3 is 2.78 bits per heavy atom. The van der Waals surface area contributed by atoms with Gasteiger partial charge in [-0.15, -0.1) is 0 Å². The van der Waals surface area contributed by atoms with E-state index in [1.165, 1.54) is 13.4 Å². The van der Waals surface area contributed by atoms with E-state index < -0.39 is 16.8 Å². The Morgan fingerprint density at radius 1 is 1.52 bits per heavy atom. The molecule has 0 saturated carbocycles. The normalized spacial score (nSPS) is 15.4. The van der Waals surface area contributed by atoms with Crippen molar-refractivity contribution in [2.24, 2.45) is 5.92 Å². The van der Waals surface area contributed by atoms with Gasteiger partial charge in [0.1, 0.15) is 6.33 Å². The Morgan fingerprint density at radius 2 is 2.22 bits per heavy atom. The second-order valence-corrected chi connectivity index (χ2v) is 5.17. The summed E-state index contributed by atoms with van der Waals surface area (Å²) in [5.74, 6) is -0.888. The summed E-state index contributed by atoms with van der Waals surface area (Å²) in [6.07, 6.45) is 2.13. The zero-order valence-electron chi connectivity index (χ0n) is 12.8. The lowest BCUT2D eigenvalue weighted by Gasteiger charge is -2.30. The lowest BCUT2D eigenvalue weighted by molar-refractivity contribution is -0.383. The number of nitrogens with one attached hydrogen (secondary N) is 1. The average Bonchev–Trinajstić information content (AvgIpc) is 2.54. The van der Waals surface area contributed by atoms with Gasteiger partial charge in [-0.05, 0) is 12.8 Å². The zero-order valence-corrected chi connectivity index (χ0v) is 12.8. The lowest BCUT2D eigenvalue weighted by atomic mass is 9.97. The van der Waals surface area contributed by atoms with Crippen molar-refractivity contribution >= 4 is 23.3 Å². The maximum Gasteiger partial charge on any atom is 0.353 e. The summed E-state index contributed by atoms with van der Waals surface area (Å²) in [4.78, 5) is 31.6. The number of carboxylic acids is 1. The average molecular weight is 325 g/mol. The van der Waals surface area contributed by atoms with Gasteiger partial charge in [0, 0.05) is 26.7 Å². The number of nitrogens with zero attached hydrogens (tertiary/aromatic N) is 4. The van der Waals surface area contributed by atoms with Crippen LogP contribution in [0.5, 0.6) is 0 Å². The largest absolute Gasteiger partial charge is 0.481 e. The van der Waals surface area contributed by atoms with Crippen LogP contribution >= 0.6 is 0 Å². The number of aromatic nitrogens is 2. The molecule has 0 radical (unpaired) electrons. The van der Waals surface area contributed by atoms with Gasteiger partial charge in [0.15, 0.2) is 0 Å². The minimum atomic E-state index is -0.830. The number of hydrogen-bond acceptors (Lipinski definition) is 8. The SMILES string of the molecule is COCCNc1ncnc(N2CCC(C(=O)O)CC2)c1[N+](=O)[O-]. The van der Waals surface area contributed by atoms with Crippen molar-refractivity contribution in [2.45, 2.75) is 12.8 Å². The topological polar surface area (TPSA) is 131 Å². The highest BCUT2D eigenvalue weighted by Gasteiger charge is 2.31. The van der Waals surface area contributed by atoms with E-state index >= 15 is 0 Å². The maximum absolute atomic E-state index is 11.4. The van der Waals surface area contributed by atoms with E-state index in [4.69, 9.17) is 9.84 Å².